The summed E-state index contributed by atoms with van der Waals surface area (Å²) in [5, 5.41) is 8.51. The van der Waals surface area contributed by atoms with Crippen LogP contribution < -0.4 is 16.0 Å². The molecule has 3 N–H and O–H groups in total. The maximum atomic E-state index is 11.8. The summed E-state index contributed by atoms with van der Waals surface area (Å²) in [4.78, 5) is 23.6. The van der Waals surface area contributed by atoms with Gasteiger partial charge in [-0.15, -0.1) is 0 Å². The monoisotopic (exact) mass is 351 g/mol. The number of aryl methyl sites for hydroxylation is 1. The number of halogens is 2. The van der Waals surface area contributed by atoms with Gasteiger partial charge in [0.2, 0.25) is 5.91 Å². The molecule has 0 atom stereocenters. The maximum Gasteiger partial charge on any atom is 0.319 e. The second-order valence-corrected chi connectivity index (χ2v) is 5.69. The van der Waals surface area contributed by atoms with Gasteiger partial charge in [-0.3, -0.25) is 4.79 Å². The fraction of sp³-hybridized carbons (Fsp3) is 0.125. The van der Waals surface area contributed by atoms with Crippen LogP contribution in [0.1, 0.15) is 5.56 Å². The van der Waals surface area contributed by atoms with E-state index in [-0.39, 0.29) is 6.54 Å². The lowest BCUT2D eigenvalue weighted by molar-refractivity contribution is -0.115. The maximum absolute atomic E-state index is 11.8. The number of anilines is 2. The van der Waals surface area contributed by atoms with E-state index in [0.29, 0.717) is 21.4 Å². The van der Waals surface area contributed by atoms with E-state index < -0.39 is 11.9 Å². The average Bonchev–Trinajstić information content (AvgIpc) is 2.49. The molecule has 0 bridgehead atoms. The standard InChI is InChI=1S/C16H15Cl2N3O2/c1-10-3-2-4-12(7-10)20-16(23)19-9-15(22)21-14-8-11(17)5-6-13(14)18/h2-8H,9H2,1H3,(H,21,22)(H2,19,20,23). The zero-order valence-corrected chi connectivity index (χ0v) is 13.8. The van der Waals surface area contributed by atoms with Crippen molar-refractivity contribution in [1.29, 1.82) is 0 Å². The predicted molar refractivity (Wildman–Crippen MR) is 93.3 cm³/mol. The second-order valence-electron chi connectivity index (χ2n) is 4.85. The molecule has 7 heteroatoms. The molecule has 0 fully saturated rings. The number of hydrogen-bond donors (Lipinski definition) is 3. The van der Waals surface area contributed by atoms with Gasteiger partial charge in [-0.1, -0.05) is 35.3 Å². The topological polar surface area (TPSA) is 70.2 Å². The third-order valence-corrected chi connectivity index (χ3v) is 3.45. The molecule has 0 heterocycles. The number of benzene rings is 2. The summed E-state index contributed by atoms with van der Waals surface area (Å²) < 4.78 is 0. The van der Waals surface area contributed by atoms with Crippen molar-refractivity contribution in [3.63, 3.8) is 0 Å². The van der Waals surface area contributed by atoms with Crippen LogP contribution in [0.4, 0.5) is 16.2 Å². The van der Waals surface area contributed by atoms with Crippen LogP contribution in [-0.2, 0) is 4.79 Å². The van der Waals surface area contributed by atoms with Gasteiger partial charge in [-0.2, -0.15) is 0 Å². The fourth-order valence-corrected chi connectivity index (χ4v) is 2.18. The van der Waals surface area contributed by atoms with Gasteiger partial charge in [0.25, 0.3) is 0 Å². The highest BCUT2D eigenvalue weighted by molar-refractivity contribution is 6.35. The van der Waals surface area contributed by atoms with E-state index >= 15 is 0 Å². The van der Waals surface area contributed by atoms with Crippen molar-refractivity contribution in [1.82, 2.24) is 5.32 Å². The summed E-state index contributed by atoms with van der Waals surface area (Å²) in [6.07, 6.45) is 0. The third-order valence-electron chi connectivity index (χ3n) is 2.89. The number of amides is 3. The Labute approximate surface area is 144 Å². The van der Waals surface area contributed by atoms with E-state index in [1.807, 2.05) is 25.1 Å². The van der Waals surface area contributed by atoms with Crippen molar-refractivity contribution in [2.75, 3.05) is 17.2 Å². The molecule has 0 aliphatic rings. The second kappa shape index (κ2) is 7.85. The first-order valence-corrected chi connectivity index (χ1v) is 7.56. The summed E-state index contributed by atoms with van der Waals surface area (Å²) in [6, 6.07) is 11.6. The summed E-state index contributed by atoms with van der Waals surface area (Å²) in [6.45, 7) is 1.73. The lowest BCUT2D eigenvalue weighted by Crippen LogP contribution is -2.35. The zero-order chi connectivity index (χ0) is 16.8. The van der Waals surface area contributed by atoms with Gasteiger partial charge in [0, 0.05) is 10.7 Å². The number of hydrogen-bond acceptors (Lipinski definition) is 2. The van der Waals surface area contributed by atoms with E-state index in [1.54, 1.807) is 18.2 Å². The lowest BCUT2D eigenvalue weighted by Gasteiger charge is -2.10. The van der Waals surface area contributed by atoms with Crippen LogP contribution in [0.15, 0.2) is 42.5 Å². The fourth-order valence-electron chi connectivity index (χ4n) is 1.85. The van der Waals surface area contributed by atoms with Crippen molar-refractivity contribution in [2.24, 2.45) is 0 Å². The van der Waals surface area contributed by atoms with Gasteiger partial charge in [-0.05, 0) is 42.8 Å². The summed E-state index contributed by atoms with van der Waals surface area (Å²) in [5.41, 5.74) is 2.07. The molecule has 2 aromatic carbocycles. The van der Waals surface area contributed by atoms with Crippen molar-refractivity contribution in [2.45, 2.75) is 6.92 Å². The Kier molecular flexibility index (Phi) is 5.84. The van der Waals surface area contributed by atoms with Crippen LogP contribution in [0.25, 0.3) is 0 Å². The lowest BCUT2D eigenvalue weighted by atomic mass is 10.2. The molecule has 0 saturated heterocycles. The zero-order valence-electron chi connectivity index (χ0n) is 12.3. The number of urea groups is 1. The van der Waals surface area contributed by atoms with Gasteiger partial charge in [0.15, 0.2) is 0 Å². The van der Waals surface area contributed by atoms with Gasteiger partial charge >= 0.3 is 6.03 Å². The van der Waals surface area contributed by atoms with E-state index in [1.165, 1.54) is 6.07 Å². The van der Waals surface area contributed by atoms with Gasteiger partial charge in [0.1, 0.15) is 0 Å². The summed E-state index contributed by atoms with van der Waals surface area (Å²) in [7, 11) is 0. The molecule has 0 aromatic heterocycles. The Balaban J connectivity index is 1.84. The molecule has 0 radical (unpaired) electrons. The normalized spacial score (nSPS) is 10.0. The molecule has 0 aliphatic heterocycles. The van der Waals surface area contributed by atoms with E-state index in [4.69, 9.17) is 23.2 Å². The minimum atomic E-state index is -0.469. The van der Waals surface area contributed by atoms with Crippen LogP contribution in [-0.4, -0.2) is 18.5 Å². The largest absolute Gasteiger partial charge is 0.329 e. The van der Waals surface area contributed by atoms with E-state index in [9.17, 15) is 9.59 Å². The molecular formula is C16H15Cl2N3O2. The minimum Gasteiger partial charge on any atom is -0.329 e. The Hall–Kier alpha value is -2.24. The Bertz CT molecular complexity index is 735. The highest BCUT2D eigenvalue weighted by Gasteiger charge is 2.08. The quantitative estimate of drug-likeness (QED) is 0.777. The van der Waals surface area contributed by atoms with Crippen molar-refractivity contribution < 1.29 is 9.59 Å². The molecular weight excluding hydrogens is 337 g/mol. The molecule has 5 nitrogen and oxygen atoms in total. The van der Waals surface area contributed by atoms with Gasteiger partial charge < -0.3 is 16.0 Å². The Morgan fingerprint density at radius 1 is 1.04 bits per heavy atom. The number of carbonyl (C=O) groups is 2. The van der Waals surface area contributed by atoms with Gasteiger partial charge in [-0.25, -0.2) is 4.79 Å². The SMILES string of the molecule is Cc1cccc(NC(=O)NCC(=O)Nc2cc(Cl)ccc2Cl)c1. The van der Waals surface area contributed by atoms with Gasteiger partial charge in [0.05, 0.1) is 17.3 Å². The van der Waals surface area contributed by atoms with E-state index in [2.05, 4.69) is 16.0 Å². The first-order chi connectivity index (χ1) is 10.9. The molecule has 2 aromatic rings. The number of rotatable bonds is 4. The molecule has 2 rings (SSSR count). The highest BCUT2D eigenvalue weighted by atomic mass is 35.5. The number of carbonyl (C=O) groups excluding carboxylic acids is 2. The van der Waals surface area contributed by atoms with Crippen molar-refractivity contribution in [3.8, 4) is 0 Å². The first-order valence-electron chi connectivity index (χ1n) is 6.80. The Morgan fingerprint density at radius 2 is 1.83 bits per heavy atom. The Morgan fingerprint density at radius 3 is 2.57 bits per heavy atom. The predicted octanol–water partition coefficient (Wildman–Crippen LogP) is 4.06. The van der Waals surface area contributed by atoms with Crippen LogP contribution in [0.5, 0.6) is 0 Å². The highest BCUT2D eigenvalue weighted by Crippen LogP contribution is 2.25. The molecule has 0 spiro atoms. The van der Waals surface area contributed by atoms with Crippen LogP contribution in [0, 0.1) is 6.92 Å². The van der Waals surface area contributed by atoms with Crippen molar-refractivity contribution >= 4 is 46.5 Å². The van der Waals surface area contributed by atoms with Crippen LogP contribution in [0.3, 0.4) is 0 Å². The molecule has 0 unspecified atom stereocenters. The first kappa shape index (κ1) is 17.1. The molecule has 0 aliphatic carbocycles. The average molecular weight is 352 g/mol. The van der Waals surface area contributed by atoms with Crippen LogP contribution >= 0.6 is 23.2 Å². The number of nitrogens with one attached hydrogen (secondary N) is 3. The molecule has 120 valence electrons. The minimum absolute atomic E-state index is 0.194. The summed E-state index contributed by atoms with van der Waals surface area (Å²) >= 11 is 11.8. The van der Waals surface area contributed by atoms with Crippen molar-refractivity contribution in [3.05, 3.63) is 58.1 Å². The van der Waals surface area contributed by atoms with Crippen LogP contribution in [0.2, 0.25) is 10.0 Å². The molecule has 0 saturated carbocycles. The van der Waals surface area contributed by atoms with E-state index in [0.717, 1.165) is 5.56 Å². The molecule has 23 heavy (non-hydrogen) atoms. The third kappa shape index (κ3) is 5.47. The summed E-state index contributed by atoms with van der Waals surface area (Å²) in [5.74, 6) is -0.409. The molecule has 3 amide bonds. The smallest absolute Gasteiger partial charge is 0.319 e.